The molecule has 0 unspecified atom stereocenters. The van der Waals surface area contributed by atoms with Crippen LogP contribution >= 0.6 is 39.3 Å². The molecule has 0 aliphatic carbocycles. The van der Waals surface area contributed by atoms with Gasteiger partial charge in [-0.15, -0.1) is 0 Å². The Kier molecular flexibility index (Phi) is 6.41. The van der Waals surface area contributed by atoms with Crippen LogP contribution in [0.2, 0.25) is 5.02 Å². The Labute approximate surface area is 183 Å². The fourth-order valence-corrected chi connectivity index (χ4v) is 3.82. The molecule has 1 aliphatic rings. The predicted molar refractivity (Wildman–Crippen MR) is 112 cm³/mol. The largest absolute Gasteiger partial charge is 0.422 e. The van der Waals surface area contributed by atoms with E-state index in [0.29, 0.717) is 20.6 Å². The quantitative estimate of drug-likeness (QED) is 0.384. The minimum absolute atomic E-state index is 0.161. The van der Waals surface area contributed by atoms with Crippen LogP contribution in [0.25, 0.3) is 6.08 Å². The van der Waals surface area contributed by atoms with E-state index in [-0.39, 0.29) is 10.7 Å². The summed E-state index contributed by atoms with van der Waals surface area (Å²) < 4.78 is 5.84. The topological polar surface area (TPSA) is 107 Å². The highest BCUT2D eigenvalue weighted by Gasteiger charge is 2.35. The van der Waals surface area contributed by atoms with Crippen LogP contribution in [-0.2, 0) is 9.59 Å². The van der Waals surface area contributed by atoms with Crippen molar-refractivity contribution >= 4 is 68.4 Å². The van der Waals surface area contributed by atoms with Crippen LogP contribution in [0.5, 0.6) is 5.75 Å². The first-order valence-corrected chi connectivity index (χ1v) is 10.0. The molecule has 2 aromatic rings. The van der Waals surface area contributed by atoms with Crippen molar-refractivity contribution in [2.45, 2.75) is 0 Å². The Morgan fingerprint density at radius 1 is 1.17 bits per heavy atom. The van der Waals surface area contributed by atoms with Gasteiger partial charge in [0, 0.05) is 5.02 Å². The Hall–Kier alpha value is -2.62. The molecule has 0 spiro atoms. The number of halogens is 2. The van der Waals surface area contributed by atoms with Gasteiger partial charge >= 0.3 is 5.97 Å². The standard InChI is InChI=1S/C19H12BrClN2O5S/c20-13-7-10(8-15-17(25)23(9-16(22)24)19(27)29-15)1-6-14(13)28-18(26)11-2-4-12(21)5-3-11/h1-8H,9H2,(H2,22,24)/b15-8-. The second kappa shape index (κ2) is 8.81. The maximum atomic E-state index is 12.3. The first-order valence-electron chi connectivity index (χ1n) is 8.05. The summed E-state index contributed by atoms with van der Waals surface area (Å²) in [6.07, 6.45) is 1.50. The summed E-state index contributed by atoms with van der Waals surface area (Å²) in [7, 11) is 0. The first-order chi connectivity index (χ1) is 13.7. The molecule has 0 saturated carbocycles. The first kappa shape index (κ1) is 21.1. The number of nitrogens with two attached hydrogens (primary N) is 1. The third-order valence-corrected chi connectivity index (χ3v) is 5.50. The molecule has 0 aromatic heterocycles. The highest BCUT2D eigenvalue weighted by molar-refractivity contribution is 9.10. The molecule has 3 amide bonds. The van der Waals surface area contributed by atoms with Gasteiger partial charge in [-0.25, -0.2) is 4.79 Å². The molecule has 10 heteroatoms. The van der Waals surface area contributed by atoms with E-state index in [4.69, 9.17) is 22.1 Å². The molecule has 1 saturated heterocycles. The lowest BCUT2D eigenvalue weighted by molar-refractivity contribution is -0.127. The Bertz CT molecular complexity index is 1060. The molecule has 1 aliphatic heterocycles. The monoisotopic (exact) mass is 494 g/mol. The zero-order valence-corrected chi connectivity index (χ0v) is 17.7. The van der Waals surface area contributed by atoms with Crippen LogP contribution < -0.4 is 10.5 Å². The van der Waals surface area contributed by atoms with E-state index < -0.39 is 29.6 Å². The van der Waals surface area contributed by atoms with Crippen molar-refractivity contribution in [1.29, 1.82) is 0 Å². The molecule has 0 bridgehead atoms. The lowest BCUT2D eigenvalue weighted by Gasteiger charge is -2.09. The van der Waals surface area contributed by atoms with Gasteiger partial charge in [0.05, 0.1) is 14.9 Å². The minimum Gasteiger partial charge on any atom is -0.422 e. The SMILES string of the molecule is NC(=O)CN1C(=O)S/C(=C\c2ccc(OC(=O)c3ccc(Cl)cc3)c(Br)c2)C1=O. The van der Waals surface area contributed by atoms with E-state index in [1.54, 1.807) is 42.5 Å². The van der Waals surface area contributed by atoms with E-state index in [0.717, 1.165) is 16.7 Å². The van der Waals surface area contributed by atoms with Gasteiger partial charge in [-0.1, -0.05) is 17.7 Å². The van der Waals surface area contributed by atoms with Crippen molar-refractivity contribution in [3.8, 4) is 5.75 Å². The summed E-state index contributed by atoms with van der Waals surface area (Å²) in [5.41, 5.74) is 5.98. The molecule has 7 nitrogen and oxygen atoms in total. The second-order valence-corrected chi connectivity index (χ2v) is 8.10. The Morgan fingerprint density at radius 2 is 1.86 bits per heavy atom. The number of amides is 3. The second-order valence-electron chi connectivity index (χ2n) is 5.82. The summed E-state index contributed by atoms with van der Waals surface area (Å²) >= 11 is 9.84. The molecule has 0 radical (unpaired) electrons. The number of benzene rings is 2. The highest BCUT2D eigenvalue weighted by atomic mass is 79.9. The van der Waals surface area contributed by atoms with Crippen LogP contribution in [0.1, 0.15) is 15.9 Å². The third-order valence-electron chi connectivity index (χ3n) is 3.72. The number of hydrogen-bond acceptors (Lipinski definition) is 6. The normalized spacial score (nSPS) is 15.1. The number of thioether (sulfide) groups is 1. The minimum atomic E-state index is -0.775. The van der Waals surface area contributed by atoms with Crippen molar-refractivity contribution in [3.63, 3.8) is 0 Å². The number of nitrogens with zero attached hydrogens (tertiary/aromatic N) is 1. The van der Waals surface area contributed by atoms with Crippen molar-refractivity contribution in [1.82, 2.24) is 4.90 Å². The smallest absolute Gasteiger partial charge is 0.343 e. The van der Waals surface area contributed by atoms with Gasteiger partial charge in [-0.2, -0.15) is 0 Å². The average molecular weight is 496 g/mol. The third kappa shape index (κ3) is 5.06. The molecular formula is C19H12BrClN2O5S. The van der Waals surface area contributed by atoms with E-state index in [9.17, 15) is 19.2 Å². The lowest BCUT2D eigenvalue weighted by Crippen LogP contribution is -2.36. The summed E-state index contributed by atoms with van der Waals surface area (Å²) in [6.45, 7) is -0.467. The Morgan fingerprint density at radius 3 is 2.48 bits per heavy atom. The molecule has 0 atom stereocenters. The maximum Gasteiger partial charge on any atom is 0.343 e. The Balaban J connectivity index is 1.76. The average Bonchev–Trinajstić information content (AvgIpc) is 2.91. The fraction of sp³-hybridized carbons (Fsp3) is 0.0526. The van der Waals surface area contributed by atoms with Crippen LogP contribution in [0, 0.1) is 0 Å². The van der Waals surface area contributed by atoms with Crippen LogP contribution in [0.4, 0.5) is 4.79 Å². The molecule has 2 N–H and O–H groups in total. The zero-order valence-electron chi connectivity index (χ0n) is 14.6. The van der Waals surface area contributed by atoms with Gasteiger partial charge in [-0.3, -0.25) is 19.3 Å². The van der Waals surface area contributed by atoms with Crippen molar-refractivity contribution in [3.05, 3.63) is 68.0 Å². The molecule has 1 heterocycles. The summed E-state index contributed by atoms with van der Waals surface area (Å²) in [4.78, 5) is 48.3. The van der Waals surface area contributed by atoms with Gasteiger partial charge < -0.3 is 10.5 Å². The van der Waals surface area contributed by atoms with Gasteiger partial charge in [0.1, 0.15) is 12.3 Å². The molecule has 29 heavy (non-hydrogen) atoms. The summed E-state index contributed by atoms with van der Waals surface area (Å²) in [5.74, 6) is -1.64. The van der Waals surface area contributed by atoms with E-state index in [1.165, 1.54) is 6.08 Å². The number of rotatable bonds is 5. The van der Waals surface area contributed by atoms with Gasteiger partial charge in [-0.05, 0) is 75.7 Å². The number of carbonyl (C=O) groups is 4. The predicted octanol–water partition coefficient (Wildman–Crippen LogP) is 3.84. The maximum absolute atomic E-state index is 12.3. The molecule has 148 valence electrons. The van der Waals surface area contributed by atoms with E-state index in [2.05, 4.69) is 15.9 Å². The lowest BCUT2D eigenvalue weighted by atomic mass is 10.2. The van der Waals surface area contributed by atoms with Gasteiger partial charge in [0.15, 0.2) is 0 Å². The fourth-order valence-electron chi connectivity index (χ4n) is 2.38. The van der Waals surface area contributed by atoms with Gasteiger partial charge in [0.25, 0.3) is 11.1 Å². The molecular weight excluding hydrogens is 484 g/mol. The number of imide groups is 1. The highest BCUT2D eigenvalue weighted by Crippen LogP contribution is 2.34. The summed E-state index contributed by atoms with van der Waals surface area (Å²) in [5, 5.41) is -0.0556. The summed E-state index contributed by atoms with van der Waals surface area (Å²) in [6, 6.07) is 11.1. The van der Waals surface area contributed by atoms with Gasteiger partial charge in [0.2, 0.25) is 5.91 Å². The van der Waals surface area contributed by atoms with Crippen molar-refractivity contribution in [2.75, 3.05) is 6.54 Å². The number of hydrogen-bond donors (Lipinski definition) is 1. The van der Waals surface area contributed by atoms with Crippen molar-refractivity contribution < 1.29 is 23.9 Å². The van der Waals surface area contributed by atoms with Crippen LogP contribution in [-0.4, -0.2) is 34.5 Å². The molecule has 3 rings (SSSR count). The zero-order chi connectivity index (χ0) is 21.1. The van der Waals surface area contributed by atoms with Crippen molar-refractivity contribution in [2.24, 2.45) is 5.73 Å². The number of esters is 1. The molecule has 1 fully saturated rings. The van der Waals surface area contributed by atoms with E-state index in [1.807, 2.05) is 0 Å². The number of ether oxygens (including phenoxy) is 1. The van der Waals surface area contributed by atoms with E-state index >= 15 is 0 Å². The van der Waals surface area contributed by atoms with Crippen LogP contribution in [0.15, 0.2) is 51.8 Å². The molecule has 2 aromatic carbocycles. The van der Waals surface area contributed by atoms with Crippen LogP contribution in [0.3, 0.4) is 0 Å². The number of primary amides is 1. The number of carbonyl (C=O) groups excluding carboxylic acids is 4.